The van der Waals surface area contributed by atoms with E-state index in [4.69, 9.17) is 9.47 Å². The maximum atomic E-state index is 13.9. The zero-order valence-corrected chi connectivity index (χ0v) is 14.7. The lowest BCUT2D eigenvalue weighted by Gasteiger charge is -2.23. The van der Waals surface area contributed by atoms with Gasteiger partial charge in [-0.15, -0.1) is 0 Å². The number of hydrogen-bond acceptors (Lipinski definition) is 4. The lowest BCUT2D eigenvalue weighted by Crippen LogP contribution is -2.40. The molecule has 0 aliphatic carbocycles. The lowest BCUT2D eigenvalue weighted by molar-refractivity contribution is -0.131. The molecule has 1 fully saturated rings. The Balaban J connectivity index is 1.93. The van der Waals surface area contributed by atoms with Gasteiger partial charge in [-0.2, -0.15) is 0 Å². The standard InChI is InChI=1S/C19H19FN2O4/c1-19(13-8-9-15(25-2)16(10-13)26-3)17(23)22(18(24)21-19)11-12-6-4-5-7-14(12)20/h4-10H,11H2,1-3H3,(H,21,24). The highest BCUT2D eigenvalue weighted by Crippen LogP contribution is 2.35. The van der Waals surface area contributed by atoms with E-state index >= 15 is 0 Å². The average Bonchev–Trinajstić information content (AvgIpc) is 2.86. The first-order chi connectivity index (χ1) is 12.4. The summed E-state index contributed by atoms with van der Waals surface area (Å²) in [6, 6.07) is 10.5. The maximum absolute atomic E-state index is 13.9. The van der Waals surface area contributed by atoms with E-state index in [9.17, 15) is 14.0 Å². The molecule has 0 radical (unpaired) electrons. The molecular formula is C19H19FN2O4. The zero-order valence-electron chi connectivity index (χ0n) is 14.7. The fraction of sp³-hybridized carbons (Fsp3) is 0.263. The molecule has 1 atom stereocenters. The first-order valence-corrected chi connectivity index (χ1v) is 8.00. The van der Waals surface area contributed by atoms with Gasteiger partial charge in [0.2, 0.25) is 0 Å². The Morgan fingerprint density at radius 1 is 1.08 bits per heavy atom. The number of methoxy groups -OCH3 is 2. The molecule has 0 saturated carbocycles. The van der Waals surface area contributed by atoms with Crippen LogP contribution in [-0.4, -0.2) is 31.1 Å². The summed E-state index contributed by atoms with van der Waals surface area (Å²) < 4.78 is 24.4. The van der Waals surface area contributed by atoms with Crippen LogP contribution in [0.1, 0.15) is 18.1 Å². The number of nitrogens with one attached hydrogen (secondary N) is 1. The van der Waals surface area contributed by atoms with Gasteiger partial charge >= 0.3 is 6.03 Å². The monoisotopic (exact) mass is 358 g/mol. The summed E-state index contributed by atoms with van der Waals surface area (Å²) in [7, 11) is 3.00. The van der Waals surface area contributed by atoms with Crippen molar-refractivity contribution in [3.63, 3.8) is 0 Å². The third-order valence-corrected chi connectivity index (χ3v) is 4.52. The second kappa shape index (κ2) is 6.67. The summed E-state index contributed by atoms with van der Waals surface area (Å²) in [6.45, 7) is 1.47. The number of imide groups is 1. The minimum absolute atomic E-state index is 0.139. The molecule has 1 N–H and O–H groups in total. The van der Waals surface area contributed by atoms with Crippen LogP contribution in [0, 0.1) is 5.82 Å². The van der Waals surface area contributed by atoms with Crippen LogP contribution in [0.5, 0.6) is 11.5 Å². The van der Waals surface area contributed by atoms with E-state index in [1.54, 1.807) is 43.3 Å². The molecule has 136 valence electrons. The lowest BCUT2D eigenvalue weighted by atomic mass is 9.91. The topological polar surface area (TPSA) is 67.9 Å². The van der Waals surface area contributed by atoms with Crippen molar-refractivity contribution in [2.24, 2.45) is 0 Å². The molecule has 2 aromatic rings. The van der Waals surface area contributed by atoms with E-state index in [2.05, 4.69) is 5.32 Å². The largest absolute Gasteiger partial charge is 0.493 e. The number of carbonyl (C=O) groups is 2. The molecule has 0 aromatic heterocycles. The van der Waals surface area contributed by atoms with Crippen LogP contribution in [0.15, 0.2) is 42.5 Å². The van der Waals surface area contributed by atoms with Gasteiger partial charge in [0, 0.05) is 5.56 Å². The number of benzene rings is 2. The first kappa shape index (κ1) is 17.7. The van der Waals surface area contributed by atoms with Crippen molar-refractivity contribution >= 4 is 11.9 Å². The van der Waals surface area contributed by atoms with Gasteiger partial charge in [-0.05, 0) is 30.7 Å². The average molecular weight is 358 g/mol. The van der Waals surface area contributed by atoms with Crippen molar-refractivity contribution in [1.29, 1.82) is 0 Å². The molecule has 1 saturated heterocycles. The highest BCUT2D eigenvalue weighted by Gasteiger charge is 2.49. The minimum Gasteiger partial charge on any atom is -0.493 e. The number of urea groups is 1. The Morgan fingerprint density at radius 3 is 2.42 bits per heavy atom. The molecule has 26 heavy (non-hydrogen) atoms. The summed E-state index contributed by atoms with van der Waals surface area (Å²) in [5.41, 5.74) is -0.459. The van der Waals surface area contributed by atoms with Gasteiger partial charge in [0.1, 0.15) is 11.4 Å². The van der Waals surface area contributed by atoms with Gasteiger partial charge in [0.15, 0.2) is 11.5 Å². The van der Waals surface area contributed by atoms with E-state index in [1.165, 1.54) is 20.3 Å². The highest BCUT2D eigenvalue weighted by molar-refractivity contribution is 6.07. The zero-order chi connectivity index (χ0) is 18.9. The van der Waals surface area contributed by atoms with Crippen molar-refractivity contribution in [2.45, 2.75) is 19.0 Å². The van der Waals surface area contributed by atoms with Gasteiger partial charge in [-0.3, -0.25) is 9.69 Å². The molecule has 7 heteroatoms. The minimum atomic E-state index is -1.28. The molecule has 1 unspecified atom stereocenters. The Hall–Kier alpha value is -3.09. The number of amides is 3. The van der Waals surface area contributed by atoms with E-state index < -0.39 is 23.3 Å². The molecule has 1 heterocycles. The predicted molar refractivity (Wildman–Crippen MR) is 92.4 cm³/mol. The third kappa shape index (κ3) is 2.85. The summed E-state index contributed by atoms with van der Waals surface area (Å²) in [5.74, 6) is 0.0338. The van der Waals surface area contributed by atoms with Gasteiger partial charge in [0.25, 0.3) is 5.91 Å². The molecule has 1 aliphatic rings. The normalized spacial score (nSPS) is 19.5. The van der Waals surface area contributed by atoms with Crippen LogP contribution < -0.4 is 14.8 Å². The summed E-state index contributed by atoms with van der Waals surface area (Å²) in [6.07, 6.45) is 0. The number of hydrogen-bond donors (Lipinski definition) is 1. The van der Waals surface area contributed by atoms with E-state index in [0.717, 1.165) is 4.90 Å². The summed E-state index contributed by atoms with van der Waals surface area (Å²) in [5, 5.41) is 2.69. The van der Waals surface area contributed by atoms with Gasteiger partial charge < -0.3 is 14.8 Å². The van der Waals surface area contributed by atoms with Crippen molar-refractivity contribution in [3.05, 3.63) is 59.4 Å². The number of nitrogens with zero attached hydrogens (tertiary/aromatic N) is 1. The molecule has 3 amide bonds. The molecule has 0 spiro atoms. The maximum Gasteiger partial charge on any atom is 0.325 e. The smallest absolute Gasteiger partial charge is 0.325 e. The summed E-state index contributed by atoms with van der Waals surface area (Å²) >= 11 is 0. The molecule has 3 rings (SSSR count). The number of carbonyl (C=O) groups excluding carboxylic acids is 2. The molecule has 2 aromatic carbocycles. The second-order valence-electron chi connectivity index (χ2n) is 6.11. The van der Waals surface area contributed by atoms with Crippen molar-refractivity contribution in [2.75, 3.05) is 14.2 Å². The predicted octanol–water partition coefficient (Wildman–Crippen LogP) is 2.81. The fourth-order valence-corrected chi connectivity index (χ4v) is 2.98. The van der Waals surface area contributed by atoms with Gasteiger partial charge in [-0.1, -0.05) is 24.3 Å². The second-order valence-corrected chi connectivity index (χ2v) is 6.11. The molecule has 0 bridgehead atoms. The number of ether oxygens (including phenoxy) is 2. The van der Waals surface area contributed by atoms with Crippen LogP contribution in [0.3, 0.4) is 0 Å². The van der Waals surface area contributed by atoms with Crippen LogP contribution in [-0.2, 0) is 16.9 Å². The molecule has 1 aliphatic heterocycles. The first-order valence-electron chi connectivity index (χ1n) is 8.00. The van der Waals surface area contributed by atoms with E-state index in [0.29, 0.717) is 17.1 Å². The quantitative estimate of drug-likeness (QED) is 0.835. The Labute approximate surface area is 150 Å². The van der Waals surface area contributed by atoms with Gasteiger partial charge in [0.05, 0.1) is 20.8 Å². The van der Waals surface area contributed by atoms with E-state index in [-0.39, 0.29) is 12.1 Å². The summed E-state index contributed by atoms with van der Waals surface area (Å²) in [4.78, 5) is 26.3. The van der Waals surface area contributed by atoms with E-state index in [1.807, 2.05) is 0 Å². The Bertz CT molecular complexity index is 870. The third-order valence-electron chi connectivity index (χ3n) is 4.52. The van der Waals surface area contributed by atoms with Gasteiger partial charge in [-0.25, -0.2) is 9.18 Å². The van der Waals surface area contributed by atoms with Crippen molar-refractivity contribution < 1.29 is 23.5 Å². The molecular weight excluding hydrogens is 339 g/mol. The molecule has 6 nitrogen and oxygen atoms in total. The number of halogens is 1. The van der Waals surface area contributed by atoms with Crippen molar-refractivity contribution in [1.82, 2.24) is 10.2 Å². The number of rotatable bonds is 5. The Kier molecular flexibility index (Phi) is 4.54. The Morgan fingerprint density at radius 2 is 1.77 bits per heavy atom. The van der Waals surface area contributed by atoms with Crippen LogP contribution >= 0.6 is 0 Å². The van der Waals surface area contributed by atoms with Crippen LogP contribution in [0.2, 0.25) is 0 Å². The van der Waals surface area contributed by atoms with Crippen LogP contribution in [0.4, 0.5) is 9.18 Å². The fourth-order valence-electron chi connectivity index (χ4n) is 2.98. The van der Waals surface area contributed by atoms with Crippen LogP contribution in [0.25, 0.3) is 0 Å². The highest BCUT2D eigenvalue weighted by atomic mass is 19.1. The SMILES string of the molecule is COc1ccc(C2(C)NC(=O)N(Cc3ccccc3F)C2=O)cc1OC. The van der Waals surface area contributed by atoms with Crippen molar-refractivity contribution in [3.8, 4) is 11.5 Å².